The standard InChI is InChI=1S/C25H20ClNO4/c1-29-22-10-6-5-9-17(22)13-27-14-20-24-19(11-21(26)25(20)30-15-27)18(12-23(28)31-24)16-7-3-2-4-8-16/h2-12H,13-15H2,1H3. The van der Waals surface area contributed by atoms with Gasteiger partial charge in [-0.2, -0.15) is 0 Å². The maximum atomic E-state index is 12.4. The van der Waals surface area contributed by atoms with Gasteiger partial charge in [-0.3, -0.25) is 4.90 Å². The summed E-state index contributed by atoms with van der Waals surface area (Å²) in [5, 5.41) is 1.29. The van der Waals surface area contributed by atoms with Crippen molar-refractivity contribution in [2.75, 3.05) is 13.8 Å². The van der Waals surface area contributed by atoms with Crippen molar-refractivity contribution in [3.05, 3.63) is 93.3 Å². The predicted octanol–water partition coefficient (Wildman–Crippen LogP) is 5.47. The van der Waals surface area contributed by atoms with Crippen molar-refractivity contribution in [2.24, 2.45) is 0 Å². The monoisotopic (exact) mass is 433 g/mol. The average Bonchev–Trinajstić information content (AvgIpc) is 2.80. The van der Waals surface area contributed by atoms with Crippen LogP contribution in [0.5, 0.6) is 11.5 Å². The number of hydrogen-bond acceptors (Lipinski definition) is 5. The van der Waals surface area contributed by atoms with E-state index in [0.29, 0.717) is 36.2 Å². The van der Waals surface area contributed by atoms with Gasteiger partial charge in [0.05, 0.1) is 17.7 Å². The van der Waals surface area contributed by atoms with E-state index in [1.165, 1.54) is 6.07 Å². The molecule has 4 aromatic rings. The summed E-state index contributed by atoms with van der Waals surface area (Å²) in [4.78, 5) is 14.5. The van der Waals surface area contributed by atoms with Crippen LogP contribution in [0.2, 0.25) is 5.02 Å². The highest BCUT2D eigenvalue weighted by molar-refractivity contribution is 6.33. The van der Waals surface area contributed by atoms with Gasteiger partial charge in [0.2, 0.25) is 0 Å². The van der Waals surface area contributed by atoms with Gasteiger partial charge in [0.1, 0.15) is 23.8 Å². The Hall–Kier alpha value is -3.28. The maximum absolute atomic E-state index is 12.4. The van der Waals surface area contributed by atoms with E-state index >= 15 is 0 Å². The number of para-hydroxylation sites is 1. The lowest BCUT2D eigenvalue weighted by atomic mass is 9.99. The van der Waals surface area contributed by atoms with Crippen LogP contribution in [-0.4, -0.2) is 18.7 Å². The molecule has 1 aliphatic heterocycles. The molecule has 5 rings (SSSR count). The molecule has 6 heteroatoms. The van der Waals surface area contributed by atoms with Gasteiger partial charge in [-0.05, 0) is 23.3 Å². The molecule has 0 atom stereocenters. The lowest BCUT2D eigenvalue weighted by molar-refractivity contribution is 0.0883. The van der Waals surface area contributed by atoms with E-state index in [-0.39, 0.29) is 0 Å². The fraction of sp³-hybridized carbons (Fsp3) is 0.160. The van der Waals surface area contributed by atoms with Gasteiger partial charge < -0.3 is 13.9 Å². The topological polar surface area (TPSA) is 51.9 Å². The molecule has 5 nitrogen and oxygen atoms in total. The van der Waals surface area contributed by atoms with Crippen LogP contribution in [-0.2, 0) is 13.1 Å². The number of methoxy groups -OCH3 is 1. The van der Waals surface area contributed by atoms with Gasteiger partial charge in [0.15, 0.2) is 0 Å². The van der Waals surface area contributed by atoms with Crippen molar-refractivity contribution in [3.63, 3.8) is 0 Å². The third-order valence-electron chi connectivity index (χ3n) is 5.48. The summed E-state index contributed by atoms with van der Waals surface area (Å²) >= 11 is 6.59. The number of benzene rings is 3. The molecule has 0 saturated heterocycles. The Bertz CT molecular complexity index is 1320. The van der Waals surface area contributed by atoms with E-state index in [2.05, 4.69) is 4.90 Å². The lowest BCUT2D eigenvalue weighted by Gasteiger charge is -2.30. The fourth-order valence-electron chi connectivity index (χ4n) is 4.07. The smallest absolute Gasteiger partial charge is 0.336 e. The van der Waals surface area contributed by atoms with Crippen molar-refractivity contribution in [1.29, 1.82) is 0 Å². The van der Waals surface area contributed by atoms with Gasteiger partial charge in [-0.15, -0.1) is 0 Å². The van der Waals surface area contributed by atoms with E-state index in [9.17, 15) is 4.79 Å². The minimum atomic E-state index is -0.405. The quantitative estimate of drug-likeness (QED) is 0.399. The highest BCUT2D eigenvalue weighted by Crippen LogP contribution is 2.41. The van der Waals surface area contributed by atoms with E-state index in [1.54, 1.807) is 7.11 Å². The average molecular weight is 434 g/mol. The summed E-state index contributed by atoms with van der Waals surface area (Å²) in [5.41, 5.74) is 3.65. The first-order valence-electron chi connectivity index (χ1n) is 9.96. The van der Waals surface area contributed by atoms with Crippen LogP contribution in [0.3, 0.4) is 0 Å². The molecule has 3 aromatic carbocycles. The van der Waals surface area contributed by atoms with E-state index in [1.807, 2.05) is 60.7 Å². The summed E-state index contributed by atoms with van der Waals surface area (Å²) in [5.74, 6) is 1.39. The second-order valence-electron chi connectivity index (χ2n) is 7.46. The number of fused-ring (bicyclic) bond motifs is 3. The molecule has 2 heterocycles. The minimum absolute atomic E-state index is 0.374. The Labute approximate surface area is 184 Å². The Morgan fingerprint density at radius 3 is 2.65 bits per heavy atom. The third kappa shape index (κ3) is 3.67. The molecule has 0 spiro atoms. The molecule has 1 aromatic heterocycles. The zero-order chi connectivity index (χ0) is 21.4. The van der Waals surface area contributed by atoms with E-state index in [0.717, 1.165) is 33.4 Å². The van der Waals surface area contributed by atoms with Gasteiger partial charge in [-0.25, -0.2) is 4.79 Å². The summed E-state index contributed by atoms with van der Waals surface area (Å²) in [6.45, 7) is 1.53. The molecule has 31 heavy (non-hydrogen) atoms. The van der Waals surface area contributed by atoms with Crippen molar-refractivity contribution in [3.8, 4) is 22.6 Å². The predicted molar refractivity (Wildman–Crippen MR) is 121 cm³/mol. The Balaban J connectivity index is 1.60. The molecular formula is C25H20ClNO4. The van der Waals surface area contributed by atoms with Crippen LogP contribution in [0.4, 0.5) is 0 Å². The molecule has 156 valence electrons. The largest absolute Gasteiger partial charge is 0.496 e. The molecule has 0 unspecified atom stereocenters. The highest BCUT2D eigenvalue weighted by Gasteiger charge is 2.26. The van der Waals surface area contributed by atoms with E-state index < -0.39 is 5.63 Å². The van der Waals surface area contributed by atoms with Crippen LogP contribution in [0.1, 0.15) is 11.1 Å². The molecule has 0 aliphatic carbocycles. The van der Waals surface area contributed by atoms with Crippen LogP contribution in [0.25, 0.3) is 22.1 Å². The van der Waals surface area contributed by atoms with Crippen molar-refractivity contribution in [1.82, 2.24) is 4.90 Å². The Morgan fingerprint density at radius 1 is 1.06 bits per heavy atom. The number of halogens is 1. The first kappa shape index (κ1) is 19.7. The van der Waals surface area contributed by atoms with Crippen molar-refractivity contribution in [2.45, 2.75) is 13.1 Å². The molecule has 0 N–H and O–H groups in total. The number of ether oxygens (including phenoxy) is 2. The van der Waals surface area contributed by atoms with Crippen LogP contribution < -0.4 is 15.1 Å². The summed E-state index contributed by atoms with van der Waals surface area (Å²) in [6.07, 6.45) is 0. The maximum Gasteiger partial charge on any atom is 0.336 e. The molecular weight excluding hydrogens is 414 g/mol. The SMILES string of the molecule is COc1ccccc1CN1COc2c(Cl)cc3c(-c4ccccc4)cc(=O)oc3c2C1. The highest BCUT2D eigenvalue weighted by atomic mass is 35.5. The number of rotatable bonds is 4. The van der Waals surface area contributed by atoms with Gasteiger partial charge in [0.25, 0.3) is 0 Å². The summed E-state index contributed by atoms with van der Waals surface area (Å²) in [7, 11) is 1.66. The Kier molecular flexibility index (Phi) is 5.14. The molecule has 0 bridgehead atoms. The molecule has 0 saturated carbocycles. The normalized spacial score (nSPS) is 13.6. The molecule has 0 radical (unpaired) electrons. The molecule has 0 fully saturated rings. The van der Waals surface area contributed by atoms with Gasteiger partial charge in [0, 0.05) is 30.1 Å². The fourth-order valence-corrected chi connectivity index (χ4v) is 4.35. The number of hydrogen-bond donors (Lipinski definition) is 0. The number of nitrogens with zero attached hydrogens (tertiary/aromatic N) is 1. The van der Waals surface area contributed by atoms with Crippen LogP contribution in [0, 0.1) is 0 Å². The lowest BCUT2D eigenvalue weighted by Crippen LogP contribution is -2.32. The van der Waals surface area contributed by atoms with Crippen LogP contribution >= 0.6 is 11.6 Å². The first-order chi connectivity index (χ1) is 15.1. The van der Waals surface area contributed by atoms with Gasteiger partial charge in [-0.1, -0.05) is 60.1 Å². The molecule has 1 aliphatic rings. The minimum Gasteiger partial charge on any atom is -0.496 e. The third-order valence-corrected chi connectivity index (χ3v) is 5.76. The first-order valence-corrected chi connectivity index (χ1v) is 10.3. The second-order valence-corrected chi connectivity index (χ2v) is 7.87. The second kappa shape index (κ2) is 8.10. The molecule has 0 amide bonds. The van der Waals surface area contributed by atoms with Gasteiger partial charge >= 0.3 is 5.63 Å². The summed E-state index contributed by atoms with van der Waals surface area (Å²) in [6, 6.07) is 21.0. The van der Waals surface area contributed by atoms with E-state index in [4.69, 9.17) is 25.5 Å². The van der Waals surface area contributed by atoms with Crippen molar-refractivity contribution >= 4 is 22.6 Å². The Morgan fingerprint density at radius 2 is 1.84 bits per heavy atom. The summed E-state index contributed by atoms with van der Waals surface area (Å²) < 4.78 is 17.2. The zero-order valence-corrected chi connectivity index (χ0v) is 17.7. The zero-order valence-electron chi connectivity index (χ0n) is 16.9. The van der Waals surface area contributed by atoms with Crippen LogP contribution in [0.15, 0.2) is 75.9 Å². The van der Waals surface area contributed by atoms with Crippen molar-refractivity contribution < 1.29 is 13.9 Å².